The van der Waals surface area contributed by atoms with Crippen LogP contribution in [-0.4, -0.2) is 35.5 Å². The second-order valence-corrected chi connectivity index (χ2v) is 5.75. The van der Waals surface area contributed by atoms with E-state index < -0.39 is 5.91 Å². The molecule has 0 atom stereocenters. The van der Waals surface area contributed by atoms with Crippen molar-refractivity contribution >= 4 is 17.6 Å². The molecule has 3 aromatic rings. The monoisotopic (exact) mass is 378 g/mol. The third kappa shape index (κ3) is 4.82. The number of methoxy groups -OCH3 is 1. The molecule has 8 heteroatoms. The van der Waals surface area contributed by atoms with Crippen LogP contribution in [0.4, 0.5) is 5.82 Å². The average molecular weight is 378 g/mol. The summed E-state index contributed by atoms with van der Waals surface area (Å²) in [6.07, 6.45) is 1.38. The Morgan fingerprint density at radius 3 is 2.54 bits per heavy atom. The van der Waals surface area contributed by atoms with E-state index in [2.05, 4.69) is 15.3 Å². The zero-order chi connectivity index (χ0) is 19.9. The van der Waals surface area contributed by atoms with E-state index in [0.29, 0.717) is 22.8 Å². The molecule has 3 rings (SSSR count). The number of nitrogens with zero attached hydrogens (tertiary/aromatic N) is 2. The van der Waals surface area contributed by atoms with Gasteiger partial charge < -0.3 is 20.5 Å². The van der Waals surface area contributed by atoms with Gasteiger partial charge in [-0.1, -0.05) is 6.07 Å². The van der Waals surface area contributed by atoms with Crippen LogP contribution in [0.3, 0.4) is 0 Å². The standard InChI is InChI=1S/C20H18N4O4/c1-27-15-7-5-13(6-8-15)17-10-19(23-12-22-17)24-20(26)14-3-2-4-16(9-14)28-11-18(21)25/h2-10,12H,11H2,1H3,(H2,21,25)(H,22,23,24,26). The number of carbonyl (C=O) groups is 2. The molecule has 2 aromatic carbocycles. The number of nitrogens with two attached hydrogens (primary N) is 1. The minimum Gasteiger partial charge on any atom is -0.497 e. The number of carbonyl (C=O) groups excluding carboxylic acids is 2. The molecule has 0 aliphatic carbocycles. The summed E-state index contributed by atoms with van der Waals surface area (Å²) in [5.41, 5.74) is 6.93. The zero-order valence-electron chi connectivity index (χ0n) is 15.1. The van der Waals surface area contributed by atoms with Crippen LogP contribution in [0.1, 0.15) is 10.4 Å². The van der Waals surface area contributed by atoms with Crippen molar-refractivity contribution in [2.75, 3.05) is 19.0 Å². The van der Waals surface area contributed by atoms with E-state index in [4.69, 9.17) is 15.2 Å². The molecule has 0 bridgehead atoms. The van der Waals surface area contributed by atoms with E-state index in [1.807, 2.05) is 24.3 Å². The maximum atomic E-state index is 12.5. The molecule has 0 spiro atoms. The zero-order valence-corrected chi connectivity index (χ0v) is 15.1. The molecular weight excluding hydrogens is 360 g/mol. The molecule has 3 N–H and O–H groups in total. The highest BCUT2D eigenvalue weighted by Crippen LogP contribution is 2.22. The van der Waals surface area contributed by atoms with Crippen molar-refractivity contribution < 1.29 is 19.1 Å². The quantitative estimate of drug-likeness (QED) is 0.651. The maximum Gasteiger partial charge on any atom is 0.256 e. The van der Waals surface area contributed by atoms with Gasteiger partial charge in [0.25, 0.3) is 11.8 Å². The van der Waals surface area contributed by atoms with Gasteiger partial charge in [0.05, 0.1) is 12.8 Å². The van der Waals surface area contributed by atoms with Gasteiger partial charge in [0, 0.05) is 17.2 Å². The minimum absolute atomic E-state index is 0.262. The molecule has 8 nitrogen and oxygen atoms in total. The maximum absolute atomic E-state index is 12.5. The van der Waals surface area contributed by atoms with Gasteiger partial charge in [0.1, 0.15) is 23.6 Å². The van der Waals surface area contributed by atoms with Crippen molar-refractivity contribution in [2.45, 2.75) is 0 Å². The highest BCUT2D eigenvalue weighted by Gasteiger charge is 2.10. The predicted molar refractivity (Wildman–Crippen MR) is 103 cm³/mol. The summed E-state index contributed by atoms with van der Waals surface area (Å²) in [6, 6.07) is 15.5. The van der Waals surface area contributed by atoms with Crippen molar-refractivity contribution in [3.63, 3.8) is 0 Å². The Hall–Kier alpha value is -3.94. The fourth-order valence-corrected chi connectivity index (χ4v) is 2.42. The van der Waals surface area contributed by atoms with E-state index >= 15 is 0 Å². The summed E-state index contributed by atoms with van der Waals surface area (Å²) in [5, 5.41) is 2.72. The van der Waals surface area contributed by atoms with Gasteiger partial charge in [-0.3, -0.25) is 9.59 Å². The van der Waals surface area contributed by atoms with Gasteiger partial charge in [-0.2, -0.15) is 0 Å². The summed E-state index contributed by atoms with van der Waals surface area (Å²) in [6.45, 7) is -0.262. The lowest BCUT2D eigenvalue weighted by atomic mass is 10.1. The van der Waals surface area contributed by atoms with Crippen LogP contribution in [0.15, 0.2) is 60.9 Å². The molecule has 0 saturated carbocycles. The Kier molecular flexibility index (Phi) is 5.81. The fourth-order valence-electron chi connectivity index (χ4n) is 2.42. The van der Waals surface area contributed by atoms with Crippen LogP contribution in [0.5, 0.6) is 11.5 Å². The molecule has 0 fully saturated rings. The van der Waals surface area contributed by atoms with Crippen molar-refractivity contribution in [3.8, 4) is 22.8 Å². The third-order valence-electron chi connectivity index (χ3n) is 3.77. The Morgan fingerprint density at radius 1 is 1.04 bits per heavy atom. The van der Waals surface area contributed by atoms with E-state index in [1.165, 1.54) is 12.4 Å². The van der Waals surface area contributed by atoms with Gasteiger partial charge in [0.2, 0.25) is 0 Å². The Bertz CT molecular complexity index is 990. The Labute approximate surface area is 161 Å². The summed E-state index contributed by atoms with van der Waals surface area (Å²) in [5.74, 6) is 0.498. The molecule has 28 heavy (non-hydrogen) atoms. The predicted octanol–water partition coefficient (Wildman–Crippen LogP) is 2.27. The SMILES string of the molecule is COc1ccc(-c2cc(NC(=O)c3cccc(OCC(N)=O)c3)ncn2)cc1. The van der Waals surface area contributed by atoms with Crippen molar-refractivity contribution in [3.05, 3.63) is 66.5 Å². The Balaban J connectivity index is 1.73. The summed E-state index contributed by atoms with van der Waals surface area (Å²) >= 11 is 0. The smallest absolute Gasteiger partial charge is 0.256 e. The summed E-state index contributed by atoms with van der Waals surface area (Å²) in [7, 11) is 1.60. The van der Waals surface area contributed by atoms with Gasteiger partial charge in [0.15, 0.2) is 6.61 Å². The first-order valence-corrected chi connectivity index (χ1v) is 8.34. The van der Waals surface area contributed by atoms with Crippen LogP contribution in [0.2, 0.25) is 0 Å². The first-order chi connectivity index (χ1) is 13.5. The largest absolute Gasteiger partial charge is 0.497 e. The number of hydrogen-bond acceptors (Lipinski definition) is 6. The molecule has 0 aliphatic heterocycles. The van der Waals surface area contributed by atoms with E-state index in [-0.39, 0.29) is 12.5 Å². The number of aromatic nitrogens is 2. The van der Waals surface area contributed by atoms with E-state index in [1.54, 1.807) is 31.4 Å². The van der Waals surface area contributed by atoms with E-state index in [9.17, 15) is 9.59 Å². The second-order valence-electron chi connectivity index (χ2n) is 5.75. The van der Waals surface area contributed by atoms with Gasteiger partial charge in [-0.25, -0.2) is 9.97 Å². The van der Waals surface area contributed by atoms with Gasteiger partial charge in [-0.05, 0) is 42.5 Å². The second kappa shape index (κ2) is 8.63. The van der Waals surface area contributed by atoms with Crippen molar-refractivity contribution in [1.29, 1.82) is 0 Å². The number of nitrogens with one attached hydrogen (secondary N) is 1. The summed E-state index contributed by atoms with van der Waals surface area (Å²) in [4.78, 5) is 31.6. The van der Waals surface area contributed by atoms with Crippen LogP contribution in [-0.2, 0) is 4.79 Å². The molecule has 0 aliphatic rings. The van der Waals surface area contributed by atoms with E-state index in [0.717, 1.165) is 11.3 Å². The lowest BCUT2D eigenvalue weighted by molar-refractivity contribution is -0.119. The molecular formula is C20H18N4O4. The number of benzene rings is 2. The highest BCUT2D eigenvalue weighted by molar-refractivity contribution is 6.04. The lowest BCUT2D eigenvalue weighted by Gasteiger charge is -2.08. The first-order valence-electron chi connectivity index (χ1n) is 8.34. The number of anilines is 1. The molecule has 142 valence electrons. The molecule has 1 heterocycles. The first kappa shape index (κ1) is 18.8. The minimum atomic E-state index is -0.595. The molecule has 0 radical (unpaired) electrons. The van der Waals surface area contributed by atoms with Crippen LogP contribution in [0, 0.1) is 0 Å². The lowest BCUT2D eigenvalue weighted by Crippen LogP contribution is -2.20. The van der Waals surface area contributed by atoms with Crippen LogP contribution in [0.25, 0.3) is 11.3 Å². The normalized spacial score (nSPS) is 10.2. The van der Waals surface area contributed by atoms with Crippen LogP contribution < -0.4 is 20.5 Å². The number of rotatable bonds is 7. The average Bonchev–Trinajstić information content (AvgIpc) is 2.72. The highest BCUT2D eigenvalue weighted by atomic mass is 16.5. The number of ether oxygens (including phenoxy) is 2. The van der Waals surface area contributed by atoms with Gasteiger partial charge in [-0.15, -0.1) is 0 Å². The van der Waals surface area contributed by atoms with Crippen molar-refractivity contribution in [2.24, 2.45) is 5.73 Å². The molecule has 2 amide bonds. The topological polar surface area (TPSA) is 116 Å². The Morgan fingerprint density at radius 2 is 1.82 bits per heavy atom. The van der Waals surface area contributed by atoms with Crippen molar-refractivity contribution in [1.82, 2.24) is 9.97 Å². The fraction of sp³-hybridized carbons (Fsp3) is 0.100. The van der Waals surface area contributed by atoms with Gasteiger partial charge >= 0.3 is 0 Å². The number of primary amides is 1. The van der Waals surface area contributed by atoms with Crippen LogP contribution >= 0.6 is 0 Å². The number of hydrogen-bond donors (Lipinski definition) is 2. The number of amides is 2. The molecule has 0 unspecified atom stereocenters. The third-order valence-corrected chi connectivity index (χ3v) is 3.77. The molecule has 0 saturated heterocycles. The summed E-state index contributed by atoms with van der Waals surface area (Å²) < 4.78 is 10.4. The molecule has 1 aromatic heterocycles.